The van der Waals surface area contributed by atoms with Gasteiger partial charge < -0.3 is 9.67 Å². The van der Waals surface area contributed by atoms with Crippen LogP contribution in [0.25, 0.3) is 0 Å². The summed E-state index contributed by atoms with van der Waals surface area (Å²) in [6, 6.07) is 3.80. The second kappa shape index (κ2) is 2.01. The number of aliphatic hydroxyl groups is 1. The molecule has 1 N–H and O–H groups in total. The average Bonchev–Trinajstić information content (AvgIpc) is 2.14. The molecule has 0 radical (unpaired) electrons. The van der Waals surface area contributed by atoms with Gasteiger partial charge in [-0.3, -0.25) is 0 Å². The number of aromatic nitrogens is 1. The van der Waals surface area contributed by atoms with Gasteiger partial charge in [0.2, 0.25) is 0 Å². The van der Waals surface area contributed by atoms with Crippen LogP contribution in [-0.2, 0) is 13.7 Å². The number of aryl methyl sites for hydroxylation is 1. The largest absolute Gasteiger partial charge is 0.390 e. The monoisotopic (exact) mass is 111 g/mol. The van der Waals surface area contributed by atoms with Crippen LogP contribution >= 0.6 is 0 Å². The topological polar surface area (TPSA) is 25.2 Å². The first-order valence-electron chi connectivity index (χ1n) is 2.55. The molecule has 2 heteroatoms. The smallest absolute Gasteiger partial charge is 0.0832 e. The molecule has 1 heterocycles. The molecule has 0 unspecified atom stereocenters. The molecule has 0 spiro atoms. The summed E-state index contributed by atoms with van der Waals surface area (Å²) in [7, 11) is 1.91. The van der Waals surface area contributed by atoms with Gasteiger partial charge in [-0.15, -0.1) is 0 Å². The van der Waals surface area contributed by atoms with E-state index in [-0.39, 0.29) is 6.61 Å². The Labute approximate surface area is 48.4 Å². The molecule has 0 saturated heterocycles. The van der Waals surface area contributed by atoms with Crippen LogP contribution in [0.15, 0.2) is 18.3 Å². The molecule has 0 fully saturated rings. The molecule has 44 valence electrons. The fourth-order valence-electron chi connectivity index (χ4n) is 0.661. The van der Waals surface area contributed by atoms with Crippen molar-refractivity contribution in [3.05, 3.63) is 24.0 Å². The Morgan fingerprint density at radius 1 is 1.75 bits per heavy atom. The summed E-state index contributed by atoms with van der Waals surface area (Å²) in [6.45, 7) is 0.128. The maximum Gasteiger partial charge on any atom is 0.0832 e. The zero-order valence-electron chi connectivity index (χ0n) is 4.83. The van der Waals surface area contributed by atoms with Crippen LogP contribution < -0.4 is 0 Å². The van der Waals surface area contributed by atoms with Gasteiger partial charge in [0, 0.05) is 18.9 Å². The highest BCUT2D eigenvalue weighted by Gasteiger charge is 1.89. The summed E-state index contributed by atoms with van der Waals surface area (Å²) >= 11 is 0. The van der Waals surface area contributed by atoms with Crippen molar-refractivity contribution in [1.82, 2.24) is 4.57 Å². The molecule has 0 atom stereocenters. The van der Waals surface area contributed by atoms with Crippen LogP contribution in [-0.4, -0.2) is 9.67 Å². The lowest BCUT2D eigenvalue weighted by atomic mass is 10.5. The Bertz CT molecular complexity index is 169. The molecular weight excluding hydrogens is 102 g/mol. The second-order valence-corrected chi connectivity index (χ2v) is 1.77. The fraction of sp³-hybridized carbons (Fsp3) is 0.333. The Balaban J connectivity index is 2.92. The van der Waals surface area contributed by atoms with E-state index in [0.717, 1.165) is 5.69 Å². The minimum Gasteiger partial charge on any atom is -0.390 e. The van der Waals surface area contributed by atoms with E-state index in [1.165, 1.54) is 0 Å². The maximum atomic E-state index is 8.59. The molecule has 0 aromatic carbocycles. The molecule has 1 aromatic rings. The van der Waals surface area contributed by atoms with Gasteiger partial charge in [-0.1, -0.05) is 0 Å². The van der Waals surface area contributed by atoms with Crippen molar-refractivity contribution < 1.29 is 5.11 Å². The van der Waals surface area contributed by atoms with Crippen LogP contribution in [0.2, 0.25) is 0 Å². The Hall–Kier alpha value is -0.760. The highest BCUT2D eigenvalue weighted by Crippen LogP contribution is 1.96. The number of aliphatic hydroxyl groups excluding tert-OH is 1. The Morgan fingerprint density at radius 2 is 2.50 bits per heavy atom. The third kappa shape index (κ3) is 0.746. The number of rotatable bonds is 1. The van der Waals surface area contributed by atoms with E-state index in [0.29, 0.717) is 0 Å². The molecule has 0 aliphatic heterocycles. The third-order valence-corrected chi connectivity index (χ3v) is 1.21. The van der Waals surface area contributed by atoms with E-state index in [1.54, 1.807) is 0 Å². The van der Waals surface area contributed by atoms with Crippen molar-refractivity contribution in [2.75, 3.05) is 0 Å². The summed E-state index contributed by atoms with van der Waals surface area (Å²) in [4.78, 5) is 0. The van der Waals surface area contributed by atoms with Crippen LogP contribution in [0.5, 0.6) is 0 Å². The molecule has 1 aromatic heterocycles. The van der Waals surface area contributed by atoms with Gasteiger partial charge in [0.1, 0.15) is 0 Å². The molecular formula is C6H9NO. The van der Waals surface area contributed by atoms with Crippen molar-refractivity contribution in [3.8, 4) is 0 Å². The first-order chi connectivity index (χ1) is 3.84. The Kier molecular flexibility index (Phi) is 1.35. The van der Waals surface area contributed by atoms with E-state index in [2.05, 4.69) is 0 Å². The van der Waals surface area contributed by atoms with Crippen LogP contribution in [0.3, 0.4) is 0 Å². The molecule has 0 aliphatic rings. The van der Waals surface area contributed by atoms with Crippen LogP contribution in [0, 0.1) is 0 Å². The van der Waals surface area contributed by atoms with E-state index in [1.807, 2.05) is 29.9 Å². The zero-order chi connectivity index (χ0) is 5.98. The normalized spacial score (nSPS) is 9.75. The highest BCUT2D eigenvalue weighted by atomic mass is 16.3. The SMILES string of the molecule is Cn1cccc1CO. The summed E-state index contributed by atoms with van der Waals surface area (Å²) < 4.78 is 1.89. The molecule has 2 nitrogen and oxygen atoms in total. The molecule has 1 rings (SSSR count). The van der Waals surface area contributed by atoms with E-state index < -0.39 is 0 Å². The predicted octanol–water partition coefficient (Wildman–Crippen LogP) is 0.517. The minimum absolute atomic E-state index is 0.128. The summed E-state index contributed by atoms with van der Waals surface area (Å²) in [5, 5.41) is 8.59. The van der Waals surface area contributed by atoms with Gasteiger partial charge in [0.25, 0.3) is 0 Å². The van der Waals surface area contributed by atoms with E-state index in [4.69, 9.17) is 5.11 Å². The molecule has 0 aliphatic carbocycles. The molecule has 8 heavy (non-hydrogen) atoms. The van der Waals surface area contributed by atoms with Gasteiger partial charge in [-0.2, -0.15) is 0 Å². The van der Waals surface area contributed by atoms with Crippen LogP contribution in [0.4, 0.5) is 0 Å². The van der Waals surface area contributed by atoms with Crippen LogP contribution in [0.1, 0.15) is 5.69 Å². The van der Waals surface area contributed by atoms with E-state index >= 15 is 0 Å². The molecule has 0 saturated carbocycles. The lowest BCUT2D eigenvalue weighted by molar-refractivity contribution is 0.273. The second-order valence-electron chi connectivity index (χ2n) is 1.77. The van der Waals surface area contributed by atoms with E-state index in [9.17, 15) is 0 Å². The summed E-state index contributed by atoms with van der Waals surface area (Å²) in [5.74, 6) is 0. The van der Waals surface area contributed by atoms with Gasteiger partial charge in [0.15, 0.2) is 0 Å². The lowest BCUT2D eigenvalue weighted by Gasteiger charge is -1.94. The first kappa shape index (κ1) is 5.38. The van der Waals surface area contributed by atoms with Gasteiger partial charge in [-0.05, 0) is 12.1 Å². The highest BCUT2D eigenvalue weighted by molar-refractivity contribution is 5.04. The average molecular weight is 111 g/mol. The number of nitrogens with zero attached hydrogens (tertiary/aromatic N) is 1. The number of hydrogen-bond acceptors (Lipinski definition) is 1. The first-order valence-corrected chi connectivity index (χ1v) is 2.55. The number of hydrogen-bond donors (Lipinski definition) is 1. The zero-order valence-corrected chi connectivity index (χ0v) is 4.83. The van der Waals surface area contributed by atoms with Crippen molar-refractivity contribution >= 4 is 0 Å². The third-order valence-electron chi connectivity index (χ3n) is 1.21. The molecule has 0 bridgehead atoms. The minimum atomic E-state index is 0.128. The van der Waals surface area contributed by atoms with Crippen molar-refractivity contribution in [1.29, 1.82) is 0 Å². The van der Waals surface area contributed by atoms with Crippen molar-refractivity contribution in [2.45, 2.75) is 6.61 Å². The predicted molar refractivity (Wildman–Crippen MR) is 31.3 cm³/mol. The van der Waals surface area contributed by atoms with Gasteiger partial charge in [-0.25, -0.2) is 0 Å². The summed E-state index contributed by atoms with van der Waals surface area (Å²) in [5.41, 5.74) is 0.949. The summed E-state index contributed by atoms with van der Waals surface area (Å²) in [6.07, 6.45) is 1.91. The van der Waals surface area contributed by atoms with Crippen molar-refractivity contribution in [2.24, 2.45) is 7.05 Å². The standard InChI is InChI=1S/C6H9NO/c1-7-4-2-3-6(7)5-8/h2-4,8H,5H2,1H3. The van der Waals surface area contributed by atoms with Gasteiger partial charge >= 0.3 is 0 Å². The molecule has 0 amide bonds. The quantitative estimate of drug-likeness (QED) is 0.561. The maximum absolute atomic E-state index is 8.59. The lowest BCUT2D eigenvalue weighted by Crippen LogP contribution is -1.92. The fourth-order valence-corrected chi connectivity index (χ4v) is 0.661. The Morgan fingerprint density at radius 3 is 2.75 bits per heavy atom. The van der Waals surface area contributed by atoms with Crippen molar-refractivity contribution in [3.63, 3.8) is 0 Å². The van der Waals surface area contributed by atoms with Gasteiger partial charge in [0.05, 0.1) is 6.61 Å².